The van der Waals surface area contributed by atoms with Crippen molar-refractivity contribution in [2.24, 2.45) is 5.73 Å². The molecule has 1 aromatic rings. The minimum atomic E-state index is -0.448. The Morgan fingerprint density at radius 3 is 2.50 bits per heavy atom. The summed E-state index contributed by atoms with van der Waals surface area (Å²) in [6, 6.07) is 5.87. The summed E-state index contributed by atoms with van der Waals surface area (Å²) in [6.07, 6.45) is 0.241. The van der Waals surface area contributed by atoms with E-state index in [1.165, 1.54) is 5.56 Å². The highest BCUT2D eigenvalue weighted by atomic mass is 16.3. The molecule has 78 valence electrons. The van der Waals surface area contributed by atoms with Crippen molar-refractivity contribution in [1.29, 1.82) is 0 Å². The van der Waals surface area contributed by atoms with Gasteiger partial charge in [-0.2, -0.15) is 0 Å². The first kappa shape index (κ1) is 11.2. The molecule has 0 radical (unpaired) electrons. The monoisotopic (exact) mass is 193 g/mol. The Morgan fingerprint density at radius 1 is 1.36 bits per heavy atom. The zero-order valence-electron chi connectivity index (χ0n) is 9.12. The molecule has 0 spiro atoms. The second-order valence-corrected chi connectivity index (χ2v) is 3.86. The molecule has 0 saturated carbocycles. The van der Waals surface area contributed by atoms with Crippen molar-refractivity contribution in [1.82, 2.24) is 0 Å². The van der Waals surface area contributed by atoms with E-state index in [0.717, 1.165) is 11.1 Å². The van der Waals surface area contributed by atoms with E-state index in [9.17, 15) is 5.11 Å². The van der Waals surface area contributed by atoms with Crippen molar-refractivity contribution in [3.8, 4) is 0 Å². The lowest BCUT2D eigenvalue weighted by Gasteiger charge is -2.19. The van der Waals surface area contributed by atoms with Crippen LogP contribution in [0.1, 0.15) is 36.1 Å². The fraction of sp³-hybridized carbons (Fsp3) is 0.500. The zero-order chi connectivity index (χ0) is 10.7. The molecule has 0 amide bonds. The van der Waals surface area contributed by atoms with Crippen LogP contribution in [-0.4, -0.2) is 11.2 Å². The molecule has 2 heteroatoms. The third kappa shape index (κ3) is 2.34. The Bertz CT molecular complexity index is 309. The van der Waals surface area contributed by atoms with Crippen molar-refractivity contribution < 1.29 is 5.11 Å². The van der Waals surface area contributed by atoms with E-state index < -0.39 is 6.10 Å². The van der Waals surface area contributed by atoms with Crippen LogP contribution < -0.4 is 5.73 Å². The van der Waals surface area contributed by atoms with Gasteiger partial charge < -0.3 is 10.8 Å². The fourth-order valence-electron chi connectivity index (χ4n) is 1.66. The SMILES string of the molecule is CC[C@H](O)[C@H](N)c1ccc(C)cc1C. The molecule has 0 heterocycles. The van der Waals surface area contributed by atoms with E-state index in [-0.39, 0.29) is 6.04 Å². The number of aryl methyl sites for hydroxylation is 2. The lowest BCUT2D eigenvalue weighted by molar-refractivity contribution is 0.140. The van der Waals surface area contributed by atoms with E-state index in [2.05, 4.69) is 13.0 Å². The summed E-state index contributed by atoms with van der Waals surface area (Å²) in [6.45, 7) is 6.02. The van der Waals surface area contributed by atoms with Gasteiger partial charge in [-0.3, -0.25) is 0 Å². The molecule has 1 aromatic carbocycles. The summed E-state index contributed by atoms with van der Waals surface area (Å²) in [7, 11) is 0. The van der Waals surface area contributed by atoms with Gasteiger partial charge in [0.25, 0.3) is 0 Å². The van der Waals surface area contributed by atoms with Crippen LogP contribution in [0.25, 0.3) is 0 Å². The molecule has 0 aliphatic heterocycles. The van der Waals surface area contributed by atoms with E-state index in [1.807, 2.05) is 26.0 Å². The van der Waals surface area contributed by atoms with Crippen LogP contribution in [0.15, 0.2) is 18.2 Å². The fourth-order valence-corrected chi connectivity index (χ4v) is 1.66. The van der Waals surface area contributed by atoms with Crippen LogP contribution in [-0.2, 0) is 0 Å². The molecule has 0 aliphatic rings. The number of hydrogen-bond donors (Lipinski definition) is 2. The van der Waals surface area contributed by atoms with Crippen LogP contribution in [0, 0.1) is 13.8 Å². The number of rotatable bonds is 3. The Balaban J connectivity index is 2.95. The summed E-state index contributed by atoms with van der Waals surface area (Å²) in [5.74, 6) is 0. The number of aliphatic hydroxyl groups is 1. The minimum absolute atomic E-state index is 0.263. The second-order valence-electron chi connectivity index (χ2n) is 3.86. The Hall–Kier alpha value is -0.860. The molecule has 14 heavy (non-hydrogen) atoms. The maximum absolute atomic E-state index is 9.65. The quantitative estimate of drug-likeness (QED) is 0.772. The smallest absolute Gasteiger partial charge is 0.0730 e. The molecule has 0 aromatic heterocycles. The van der Waals surface area contributed by atoms with E-state index in [1.54, 1.807) is 0 Å². The topological polar surface area (TPSA) is 46.2 Å². The first-order valence-electron chi connectivity index (χ1n) is 5.07. The predicted octanol–water partition coefficient (Wildman–Crippen LogP) is 2.07. The summed E-state index contributed by atoms with van der Waals surface area (Å²) < 4.78 is 0. The Morgan fingerprint density at radius 2 is 2.00 bits per heavy atom. The average Bonchev–Trinajstić information content (AvgIpc) is 2.15. The molecule has 2 nitrogen and oxygen atoms in total. The minimum Gasteiger partial charge on any atom is -0.391 e. The van der Waals surface area contributed by atoms with Crippen molar-refractivity contribution >= 4 is 0 Å². The Kier molecular flexibility index (Phi) is 3.67. The molecule has 0 fully saturated rings. The van der Waals surface area contributed by atoms with Gasteiger partial charge >= 0.3 is 0 Å². The van der Waals surface area contributed by atoms with Crippen LogP contribution in [0.5, 0.6) is 0 Å². The van der Waals surface area contributed by atoms with Crippen LogP contribution in [0.2, 0.25) is 0 Å². The van der Waals surface area contributed by atoms with Crippen LogP contribution in [0.4, 0.5) is 0 Å². The summed E-state index contributed by atoms with van der Waals surface area (Å²) in [5, 5.41) is 9.65. The molecule has 0 bridgehead atoms. The van der Waals surface area contributed by atoms with Gasteiger partial charge in [0.15, 0.2) is 0 Å². The predicted molar refractivity (Wildman–Crippen MR) is 59.1 cm³/mol. The standard InChI is InChI=1S/C12H19NO/c1-4-11(14)12(13)10-6-5-8(2)7-9(10)3/h5-7,11-12,14H,4,13H2,1-3H3/t11-,12+/m0/s1. The zero-order valence-corrected chi connectivity index (χ0v) is 9.12. The molecule has 2 atom stereocenters. The molecule has 1 rings (SSSR count). The van der Waals surface area contributed by atoms with Crippen molar-refractivity contribution in [3.05, 3.63) is 34.9 Å². The van der Waals surface area contributed by atoms with Crippen molar-refractivity contribution in [2.75, 3.05) is 0 Å². The summed E-state index contributed by atoms with van der Waals surface area (Å²) in [4.78, 5) is 0. The van der Waals surface area contributed by atoms with Gasteiger partial charge in [0.2, 0.25) is 0 Å². The third-order valence-electron chi connectivity index (χ3n) is 2.62. The van der Waals surface area contributed by atoms with Gasteiger partial charge in [-0.1, -0.05) is 30.7 Å². The lowest BCUT2D eigenvalue weighted by atomic mass is 9.95. The molecule has 0 saturated heterocycles. The second kappa shape index (κ2) is 4.58. The molecular weight excluding hydrogens is 174 g/mol. The highest BCUT2D eigenvalue weighted by molar-refractivity contribution is 5.33. The number of nitrogens with two attached hydrogens (primary N) is 1. The molecule has 0 aliphatic carbocycles. The third-order valence-corrected chi connectivity index (χ3v) is 2.62. The van der Waals surface area contributed by atoms with Gasteiger partial charge in [-0.05, 0) is 31.4 Å². The van der Waals surface area contributed by atoms with Crippen LogP contribution >= 0.6 is 0 Å². The number of aliphatic hydroxyl groups excluding tert-OH is 1. The van der Waals surface area contributed by atoms with Crippen molar-refractivity contribution in [2.45, 2.75) is 39.3 Å². The van der Waals surface area contributed by atoms with Crippen molar-refractivity contribution in [3.63, 3.8) is 0 Å². The number of benzene rings is 1. The van der Waals surface area contributed by atoms with Gasteiger partial charge in [0.05, 0.1) is 12.1 Å². The highest BCUT2D eigenvalue weighted by Crippen LogP contribution is 2.20. The van der Waals surface area contributed by atoms with Gasteiger partial charge in [-0.15, -0.1) is 0 Å². The normalized spacial score (nSPS) is 15.2. The molecular formula is C12H19NO. The molecule has 3 N–H and O–H groups in total. The van der Waals surface area contributed by atoms with Crippen LogP contribution in [0.3, 0.4) is 0 Å². The summed E-state index contributed by atoms with van der Waals surface area (Å²) >= 11 is 0. The lowest BCUT2D eigenvalue weighted by Crippen LogP contribution is -2.26. The van der Waals surface area contributed by atoms with E-state index in [0.29, 0.717) is 6.42 Å². The first-order chi connectivity index (χ1) is 6.56. The number of hydrogen-bond acceptors (Lipinski definition) is 2. The van der Waals surface area contributed by atoms with Gasteiger partial charge in [0, 0.05) is 0 Å². The maximum atomic E-state index is 9.65. The van der Waals surface area contributed by atoms with E-state index in [4.69, 9.17) is 5.73 Å². The van der Waals surface area contributed by atoms with E-state index >= 15 is 0 Å². The first-order valence-corrected chi connectivity index (χ1v) is 5.07. The maximum Gasteiger partial charge on any atom is 0.0730 e. The average molecular weight is 193 g/mol. The Labute approximate surface area is 85.8 Å². The highest BCUT2D eigenvalue weighted by Gasteiger charge is 2.16. The molecule has 0 unspecified atom stereocenters. The largest absolute Gasteiger partial charge is 0.391 e. The van der Waals surface area contributed by atoms with Gasteiger partial charge in [-0.25, -0.2) is 0 Å². The van der Waals surface area contributed by atoms with Gasteiger partial charge in [0.1, 0.15) is 0 Å². The summed E-state index contributed by atoms with van der Waals surface area (Å²) in [5.41, 5.74) is 9.38.